The van der Waals surface area contributed by atoms with Gasteiger partial charge in [0.15, 0.2) is 5.11 Å². The lowest BCUT2D eigenvalue weighted by molar-refractivity contribution is -0.122. The van der Waals surface area contributed by atoms with Crippen LogP contribution in [0.15, 0.2) is 54.1 Å². The number of amides is 2. The Morgan fingerprint density at radius 1 is 1.04 bits per heavy atom. The third kappa shape index (κ3) is 3.61. The van der Waals surface area contributed by atoms with Crippen molar-refractivity contribution in [3.05, 3.63) is 64.7 Å². The number of benzene rings is 2. The summed E-state index contributed by atoms with van der Waals surface area (Å²) in [6.07, 6.45) is 1.56. The second kappa shape index (κ2) is 7.27. The van der Waals surface area contributed by atoms with Crippen LogP contribution in [0.3, 0.4) is 0 Å². The molecular formula is C19H16ClN3O2S. The maximum Gasteiger partial charge on any atom is 0.270 e. The Morgan fingerprint density at radius 2 is 1.65 bits per heavy atom. The van der Waals surface area contributed by atoms with Gasteiger partial charge >= 0.3 is 0 Å². The molecule has 1 heterocycles. The molecule has 0 bridgehead atoms. The SMILES string of the molecule is CN(C)c1ccc(/C=C2/C(=O)NC(=S)N(c3ccc(Cl)cc3)C2=O)cc1. The standard InChI is InChI=1S/C19H16ClN3O2S/c1-22(2)14-7-3-12(4-8-14)11-16-17(24)21-19(26)23(18(16)25)15-9-5-13(20)6-10-15/h3-11H,1-2H3,(H,21,24,26)/b16-11-. The number of carbonyl (C=O) groups excluding carboxylic acids is 2. The van der Waals surface area contributed by atoms with Gasteiger partial charge in [0, 0.05) is 24.8 Å². The molecule has 2 amide bonds. The van der Waals surface area contributed by atoms with Crippen LogP contribution in [0.5, 0.6) is 0 Å². The molecule has 5 nitrogen and oxygen atoms in total. The molecular weight excluding hydrogens is 370 g/mol. The molecule has 7 heteroatoms. The highest BCUT2D eigenvalue weighted by Crippen LogP contribution is 2.24. The minimum Gasteiger partial charge on any atom is -0.378 e. The fourth-order valence-electron chi connectivity index (χ4n) is 2.52. The number of rotatable bonds is 3. The summed E-state index contributed by atoms with van der Waals surface area (Å²) < 4.78 is 0. The first-order valence-corrected chi connectivity index (χ1v) is 8.60. The third-order valence-electron chi connectivity index (χ3n) is 3.91. The highest BCUT2D eigenvalue weighted by atomic mass is 35.5. The van der Waals surface area contributed by atoms with Crippen molar-refractivity contribution in [1.29, 1.82) is 0 Å². The van der Waals surface area contributed by atoms with E-state index < -0.39 is 11.8 Å². The Bertz CT molecular complexity index is 905. The minimum atomic E-state index is -0.512. The molecule has 26 heavy (non-hydrogen) atoms. The summed E-state index contributed by atoms with van der Waals surface area (Å²) in [4.78, 5) is 28.4. The van der Waals surface area contributed by atoms with Gasteiger partial charge in [-0.1, -0.05) is 23.7 Å². The lowest BCUT2D eigenvalue weighted by atomic mass is 10.1. The first-order chi connectivity index (χ1) is 12.4. The number of hydrogen-bond donors (Lipinski definition) is 1. The lowest BCUT2D eigenvalue weighted by Crippen LogP contribution is -2.54. The van der Waals surface area contributed by atoms with Crippen molar-refractivity contribution in [2.45, 2.75) is 0 Å². The highest BCUT2D eigenvalue weighted by Gasteiger charge is 2.34. The second-order valence-corrected chi connectivity index (χ2v) is 6.74. The predicted molar refractivity (Wildman–Crippen MR) is 108 cm³/mol. The summed E-state index contributed by atoms with van der Waals surface area (Å²) in [5, 5.41) is 3.15. The van der Waals surface area contributed by atoms with Crippen LogP contribution in [0, 0.1) is 0 Å². The molecule has 132 valence electrons. The Hall–Kier alpha value is -2.70. The summed E-state index contributed by atoms with van der Waals surface area (Å²) in [5.74, 6) is -0.986. The molecule has 0 aromatic heterocycles. The Kier molecular flexibility index (Phi) is 5.06. The Morgan fingerprint density at radius 3 is 2.23 bits per heavy atom. The van der Waals surface area contributed by atoms with Crippen molar-refractivity contribution in [3.63, 3.8) is 0 Å². The molecule has 0 radical (unpaired) electrons. The van der Waals surface area contributed by atoms with E-state index in [0.29, 0.717) is 10.7 Å². The predicted octanol–water partition coefficient (Wildman–Crippen LogP) is 3.24. The summed E-state index contributed by atoms with van der Waals surface area (Å²) in [5.41, 5.74) is 2.33. The first kappa shape index (κ1) is 18.1. The van der Waals surface area contributed by atoms with Crippen LogP contribution in [-0.2, 0) is 9.59 Å². The van der Waals surface area contributed by atoms with Gasteiger partial charge in [-0.15, -0.1) is 0 Å². The topological polar surface area (TPSA) is 52.7 Å². The van der Waals surface area contributed by atoms with E-state index in [-0.39, 0.29) is 10.7 Å². The number of thiocarbonyl (C=S) groups is 1. The van der Waals surface area contributed by atoms with Gasteiger partial charge in [0.05, 0.1) is 5.69 Å². The summed E-state index contributed by atoms with van der Waals surface area (Å²) >= 11 is 11.1. The lowest BCUT2D eigenvalue weighted by Gasteiger charge is -2.29. The van der Waals surface area contributed by atoms with Gasteiger partial charge in [0.1, 0.15) is 5.57 Å². The minimum absolute atomic E-state index is 0.0196. The molecule has 1 fully saturated rings. The van der Waals surface area contributed by atoms with Crippen LogP contribution in [-0.4, -0.2) is 31.0 Å². The van der Waals surface area contributed by atoms with Crippen LogP contribution < -0.4 is 15.1 Å². The second-order valence-electron chi connectivity index (χ2n) is 5.92. The van der Waals surface area contributed by atoms with Crippen LogP contribution in [0.25, 0.3) is 6.08 Å². The van der Waals surface area contributed by atoms with E-state index in [0.717, 1.165) is 11.3 Å². The van der Waals surface area contributed by atoms with Gasteiger partial charge in [-0.2, -0.15) is 0 Å². The average Bonchev–Trinajstić information content (AvgIpc) is 2.60. The normalized spacial score (nSPS) is 16.0. The molecule has 0 aliphatic carbocycles. The van der Waals surface area contributed by atoms with Crippen molar-refractivity contribution >= 4 is 58.2 Å². The van der Waals surface area contributed by atoms with Gasteiger partial charge in [-0.25, -0.2) is 0 Å². The molecule has 1 N–H and O–H groups in total. The smallest absolute Gasteiger partial charge is 0.270 e. The summed E-state index contributed by atoms with van der Waals surface area (Å²) in [6, 6.07) is 14.2. The fourth-order valence-corrected chi connectivity index (χ4v) is 2.92. The monoisotopic (exact) mass is 385 g/mol. The summed E-state index contributed by atoms with van der Waals surface area (Å²) in [6.45, 7) is 0. The Balaban J connectivity index is 1.95. The zero-order valence-electron chi connectivity index (χ0n) is 14.2. The number of anilines is 2. The Labute approximate surface area is 161 Å². The number of halogens is 1. The number of nitrogens with zero attached hydrogens (tertiary/aromatic N) is 2. The molecule has 0 saturated carbocycles. The van der Waals surface area contributed by atoms with E-state index in [4.69, 9.17) is 23.8 Å². The maximum atomic E-state index is 12.9. The van der Waals surface area contributed by atoms with Crippen molar-refractivity contribution in [2.75, 3.05) is 23.9 Å². The van der Waals surface area contributed by atoms with Crippen molar-refractivity contribution in [2.24, 2.45) is 0 Å². The van der Waals surface area contributed by atoms with Crippen LogP contribution in [0.2, 0.25) is 5.02 Å². The van der Waals surface area contributed by atoms with E-state index in [2.05, 4.69) is 5.32 Å². The van der Waals surface area contributed by atoms with Gasteiger partial charge in [0.2, 0.25) is 0 Å². The molecule has 2 aromatic rings. The van der Waals surface area contributed by atoms with Crippen LogP contribution in [0.1, 0.15) is 5.56 Å². The molecule has 0 spiro atoms. The quantitative estimate of drug-likeness (QED) is 0.500. The summed E-state index contributed by atoms with van der Waals surface area (Å²) in [7, 11) is 3.88. The molecule has 3 rings (SSSR count). The van der Waals surface area contributed by atoms with Crippen LogP contribution in [0.4, 0.5) is 11.4 Å². The average molecular weight is 386 g/mol. The largest absolute Gasteiger partial charge is 0.378 e. The van der Waals surface area contributed by atoms with E-state index in [1.165, 1.54) is 4.90 Å². The fraction of sp³-hybridized carbons (Fsp3) is 0.105. The molecule has 2 aromatic carbocycles. The number of hydrogen-bond acceptors (Lipinski definition) is 4. The zero-order chi connectivity index (χ0) is 18.8. The third-order valence-corrected chi connectivity index (χ3v) is 4.44. The number of carbonyl (C=O) groups is 2. The van der Waals surface area contributed by atoms with E-state index in [1.807, 2.05) is 43.3 Å². The van der Waals surface area contributed by atoms with Gasteiger partial charge in [0.25, 0.3) is 11.8 Å². The zero-order valence-corrected chi connectivity index (χ0v) is 15.8. The molecule has 1 saturated heterocycles. The molecule has 1 aliphatic rings. The van der Waals surface area contributed by atoms with Gasteiger partial charge < -0.3 is 4.90 Å². The van der Waals surface area contributed by atoms with Gasteiger partial charge in [-0.05, 0) is 60.3 Å². The first-order valence-electron chi connectivity index (χ1n) is 7.81. The maximum absolute atomic E-state index is 12.9. The van der Waals surface area contributed by atoms with E-state index in [9.17, 15) is 9.59 Å². The molecule has 0 atom stereocenters. The van der Waals surface area contributed by atoms with Crippen LogP contribution >= 0.6 is 23.8 Å². The van der Waals surface area contributed by atoms with E-state index >= 15 is 0 Å². The highest BCUT2D eigenvalue weighted by molar-refractivity contribution is 7.80. The molecule has 0 unspecified atom stereocenters. The van der Waals surface area contributed by atoms with Gasteiger partial charge in [-0.3, -0.25) is 19.8 Å². The van der Waals surface area contributed by atoms with Crippen molar-refractivity contribution < 1.29 is 9.59 Å². The van der Waals surface area contributed by atoms with E-state index in [1.54, 1.807) is 30.3 Å². The number of nitrogens with one attached hydrogen (secondary N) is 1. The molecule has 1 aliphatic heterocycles. The van der Waals surface area contributed by atoms with Crippen molar-refractivity contribution in [1.82, 2.24) is 5.32 Å². The van der Waals surface area contributed by atoms with Crippen molar-refractivity contribution in [3.8, 4) is 0 Å².